The van der Waals surface area contributed by atoms with Gasteiger partial charge in [0.05, 0.1) is 17.1 Å². The number of carbonyl (C=O) groups excluding carboxylic acids is 2. The number of hydrogen-bond donors (Lipinski definition) is 2. The molecule has 0 spiro atoms. The standard InChI is InChI=1S/C24H24N4O2/c1-17-15-22(27-28(17)19-11-3-2-4-12-19)24(30)26-21-14-8-7-13-20(21)25-23(29)16-18-9-5-6-10-18/h2-5,7-9,11-15,18H,6,10,16H2,1H3,(H,25,29)(H,26,30). The van der Waals surface area contributed by atoms with E-state index in [1.807, 2.05) is 49.4 Å². The summed E-state index contributed by atoms with van der Waals surface area (Å²) in [4.78, 5) is 25.2. The van der Waals surface area contributed by atoms with Crippen LogP contribution in [0.15, 0.2) is 72.8 Å². The first-order valence-electron chi connectivity index (χ1n) is 10.1. The quantitative estimate of drug-likeness (QED) is 0.588. The van der Waals surface area contributed by atoms with Crippen LogP contribution in [0, 0.1) is 12.8 Å². The van der Waals surface area contributed by atoms with Crippen molar-refractivity contribution in [1.82, 2.24) is 9.78 Å². The fraction of sp³-hybridized carbons (Fsp3) is 0.208. The number of rotatable bonds is 6. The maximum atomic E-state index is 12.8. The number of nitrogens with one attached hydrogen (secondary N) is 2. The molecule has 0 radical (unpaired) electrons. The van der Waals surface area contributed by atoms with Crippen LogP contribution in [0.25, 0.3) is 5.69 Å². The first-order chi connectivity index (χ1) is 14.6. The van der Waals surface area contributed by atoms with Crippen molar-refractivity contribution in [2.75, 3.05) is 10.6 Å². The Balaban J connectivity index is 1.47. The highest BCUT2D eigenvalue weighted by atomic mass is 16.2. The van der Waals surface area contributed by atoms with Crippen LogP contribution >= 0.6 is 0 Å². The Morgan fingerprint density at radius 3 is 2.43 bits per heavy atom. The fourth-order valence-corrected chi connectivity index (χ4v) is 3.61. The molecule has 1 aromatic heterocycles. The van der Waals surface area contributed by atoms with Gasteiger partial charge in [0.1, 0.15) is 0 Å². The molecular formula is C24H24N4O2. The van der Waals surface area contributed by atoms with Crippen molar-refractivity contribution >= 4 is 23.2 Å². The summed E-state index contributed by atoms with van der Waals surface area (Å²) in [5.74, 6) is -0.0951. The molecule has 0 saturated carbocycles. The summed E-state index contributed by atoms with van der Waals surface area (Å²) in [6.07, 6.45) is 6.69. The van der Waals surface area contributed by atoms with Crippen LogP contribution in [0.2, 0.25) is 0 Å². The first-order valence-corrected chi connectivity index (χ1v) is 10.1. The topological polar surface area (TPSA) is 76.0 Å². The molecule has 6 heteroatoms. The smallest absolute Gasteiger partial charge is 0.276 e. The molecule has 30 heavy (non-hydrogen) atoms. The lowest BCUT2D eigenvalue weighted by Crippen LogP contribution is -2.18. The number of hydrogen-bond acceptors (Lipinski definition) is 3. The first kappa shape index (κ1) is 19.6. The second-order valence-electron chi connectivity index (χ2n) is 7.44. The molecule has 0 saturated heterocycles. The predicted molar refractivity (Wildman–Crippen MR) is 118 cm³/mol. The number of carbonyl (C=O) groups is 2. The van der Waals surface area contributed by atoms with E-state index in [1.165, 1.54) is 0 Å². The van der Waals surface area contributed by atoms with Crippen molar-refractivity contribution in [3.63, 3.8) is 0 Å². The average Bonchev–Trinajstić information content (AvgIpc) is 3.39. The molecule has 1 aliphatic carbocycles. The van der Waals surface area contributed by atoms with E-state index in [1.54, 1.807) is 22.9 Å². The van der Waals surface area contributed by atoms with E-state index >= 15 is 0 Å². The van der Waals surface area contributed by atoms with Gasteiger partial charge in [-0.1, -0.05) is 42.5 Å². The van der Waals surface area contributed by atoms with E-state index in [9.17, 15) is 9.59 Å². The zero-order chi connectivity index (χ0) is 20.9. The highest BCUT2D eigenvalue weighted by Crippen LogP contribution is 2.25. The van der Waals surface area contributed by atoms with Crippen molar-refractivity contribution < 1.29 is 9.59 Å². The lowest BCUT2D eigenvalue weighted by Gasteiger charge is -2.13. The van der Waals surface area contributed by atoms with E-state index in [0.717, 1.165) is 24.2 Å². The second-order valence-corrected chi connectivity index (χ2v) is 7.44. The SMILES string of the molecule is Cc1cc(C(=O)Nc2ccccc2NC(=O)CC2C=CCC2)nn1-c1ccccc1. The normalized spacial score (nSPS) is 15.2. The average molecular weight is 400 g/mol. The number of aryl methyl sites for hydroxylation is 1. The van der Waals surface area contributed by atoms with Crippen molar-refractivity contribution in [3.8, 4) is 5.69 Å². The Hall–Kier alpha value is -3.67. The van der Waals surface area contributed by atoms with Gasteiger partial charge in [-0.05, 0) is 56.0 Å². The summed E-state index contributed by atoms with van der Waals surface area (Å²) in [7, 11) is 0. The van der Waals surface area contributed by atoms with Crippen LogP contribution in [0.4, 0.5) is 11.4 Å². The maximum absolute atomic E-state index is 12.8. The van der Waals surface area contributed by atoms with E-state index in [0.29, 0.717) is 23.5 Å². The van der Waals surface area contributed by atoms with E-state index in [4.69, 9.17) is 0 Å². The van der Waals surface area contributed by atoms with Crippen molar-refractivity contribution in [1.29, 1.82) is 0 Å². The van der Waals surface area contributed by atoms with E-state index < -0.39 is 0 Å². The summed E-state index contributed by atoms with van der Waals surface area (Å²) in [6, 6.07) is 18.6. The third kappa shape index (κ3) is 4.49. The van der Waals surface area contributed by atoms with Crippen LogP contribution in [0.1, 0.15) is 35.4 Å². The molecule has 1 heterocycles. The van der Waals surface area contributed by atoms with E-state index in [2.05, 4.69) is 27.9 Å². The molecule has 1 atom stereocenters. The van der Waals surface area contributed by atoms with Gasteiger partial charge in [-0.3, -0.25) is 9.59 Å². The fourth-order valence-electron chi connectivity index (χ4n) is 3.61. The second kappa shape index (κ2) is 8.78. The van der Waals surface area contributed by atoms with Crippen LogP contribution in [-0.4, -0.2) is 21.6 Å². The van der Waals surface area contributed by atoms with Gasteiger partial charge in [-0.25, -0.2) is 4.68 Å². The molecule has 0 bridgehead atoms. The van der Waals surface area contributed by atoms with Crippen molar-refractivity contribution in [3.05, 3.63) is 84.2 Å². The van der Waals surface area contributed by atoms with Crippen LogP contribution < -0.4 is 10.6 Å². The number of para-hydroxylation sites is 3. The minimum absolute atomic E-state index is 0.0579. The van der Waals surface area contributed by atoms with Gasteiger partial charge in [0.15, 0.2) is 5.69 Å². The van der Waals surface area contributed by atoms with Crippen LogP contribution in [0.5, 0.6) is 0 Å². The Morgan fingerprint density at radius 2 is 1.73 bits per heavy atom. The Labute approximate surface area is 175 Å². The molecule has 2 amide bonds. The predicted octanol–water partition coefficient (Wildman–Crippen LogP) is 4.73. The Bertz CT molecular complexity index is 1090. The summed E-state index contributed by atoms with van der Waals surface area (Å²) in [5, 5.41) is 10.2. The largest absolute Gasteiger partial charge is 0.324 e. The molecule has 4 rings (SSSR count). The highest BCUT2D eigenvalue weighted by Gasteiger charge is 2.17. The van der Waals surface area contributed by atoms with Crippen LogP contribution in [0.3, 0.4) is 0 Å². The number of anilines is 2. The minimum atomic E-state index is -0.326. The van der Waals surface area contributed by atoms with Gasteiger partial charge >= 0.3 is 0 Å². The van der Waals surface area contributed by atoms with Gasteiger partial charge in [0.2, 0.25) is 5.91 Å². The zero-order valence-electron chi connectivity index (χ0n) is 16.8. The van der Waals surface area contributed by atoms with Gasteiger partial charge in [-0.15, -0.1) is 0 Å². The number of amides is 2. The number of nitrogens with zero attached hydrogens (tertiary/aromatic N) is 2. The minimum Gasteiger partial charge on any atom is -0.324 e. The van der Waals surface area contributed by atoms with Gasteiger partial charge in [0.25, 0.3) is 5.91 Å². The molecule has 2 N–H and O–H groups in total. The zero-order valence-corrected chi connectivity index (χ0v) is 16.8. The molecule has 152 valence electrons. The molecule has 0 aliphatic heterocycles. The molecule has 3 aromatic rings. The van der Waals surface area contributed by atoms with Crippen molar-refractivity contribution in [2.45, 2.75) is 26.2 Å². The molecule has 1 aliphatic rings. The Kier molecular flexibility index (Phi) is 5.75. The Morgan fingerprint density at radius 1 is 1.03 bits per heavy atom. The third-order valence-corrected chi connectivity index (χ3v) is 5.13. The lowest BCUT2D eigenvalue weighted by atomic mass is 10.0. The molecule has 6 nitrogen and oxygen atoms in total. The molecule has 0 fully saturated rings. The van der Waals surface area contributed by atoms with E-state index in [-0.39, 0.29) is 17.7 Å². The summed E-state index contributed by atoms with van der Waals surface area (Å²) in [6.45, 7) is 1.91. The van der Waals surface area contributed by atoms with Crippen LogP contribution in [-0.2, 0) is 4.79 Å². The maximum Gasteiger partial charge on any atom is 0.276 e. The highest BCUT2D eigenvalue weighted by molar-refractivity contribution is 6.06. The number of allylic oxidation sites excluding steroid dienone is 2. The molecule has 2 aromatic carbocycles. The molecular weight excluding hydrogens is 376 g/mol. The third-order valence-electron chi connectivity index (χ3n) is 5.13. The van der Waals surface area contributed by atoms with Gasteiger partial charge in [0, 0.05) is 12.1 Å². The van der Waals surface area contributed by atoms with Gasteiger partial charge in [-0.2, -0.15) is 5.10 Å². The van der Waals surface area contributed by atoms with Gasteiger partial charge < -0.3 is 10.6 Å². The number of benzene rings is 2. The lowest BCUT2D eigenvalue weighted by molar-refractivity contribution is -0.116. The monoisotopic (exact) mass is 400 g/mol. The van der Waals surface area contributed by atoms with Crippen molar-refractivity contribution in [2.24, 2.45) is 5.92 Å². The summed E-state index contributed by atoms with van der Waals surface area (Å²) >= 11 is 0. The number of aromatic nitrogens is 2. The molecule has 1 unspecified atom stereocenters. The summed E-state index contributed by atoms with van der Waals surface area (Å²) < 4.78 is 1.73. The summed E-state index contributed by atoms with van der Waals surface area (Å²) in [5.41, 5.74) is 3.19.